The van der Waals surface area contributed by atoms with Crippen molar-refractivity contribution < 1.29 is 4.74 Å². The maximum atomic E-state index is 5.85. The van der Waals surface area contributed by atoms with E-state index in [2.05, 4.69) is 4.90 Å². The third kappa shape index (κ3) is 2.47. The molecule has 3 nitrogen and oxygen atoms in total. The standard InChI is InChI=1S/C11H22N2O/c1-9(12)11-8-13(5-6-14-11)7-10-3-2-4-10/h9-11H,2-8,12H2,1H3. The summed E-state index contributed by atoms with van der Waals surface area (Å²) in [5, 5.41) is 0. The summed E-state index contributed by atoms with van der Waals surface area (Å²) in [6, 6.07) is 0.166. The Bertz CT molecular complexity index is 180. The molecule has 2 atom stereocenters. The zero-order valence-corrected chi connectivity index (χ0v) is 9.11. The van der Waals surface area contributed by atoms with E-state index in [-0.39, 0.29) is 12.1 Å². The average Bonchev–Trinajstić information content (AvgIpc) is 2.12. The Morgan fingerprint density at radius 1 is 1.50 bits per heavy atom. The Morgan fingerprint density at radius 3 is 2.86 bits per heavy atom. The van der Waals surface area contributed by atoms with Crippen molar-refractivity contribution in [1.29, 1.82) is 0 Å². The first-order chi connectivity index (χ1) is 6.75. The van der Waals surface area contributed by atoms with Gasteiger partial charge < -0.3 is 10.5 Å². The second-order valence-corrected chi connectivity index (χ2v) is 4.82. The van der Waals surface area contributed by atoms with Crippen LogP contribution in [0.15, 0.2) is 0 Å². The molecule has 0 bridgehead atoms. The lowest BCUT2D eigenvalue weighted by atomic mass is 9.85. The highest BCUT2D eigenvalue weighted by atomic mass is 16.5. The fourth-order valence-electron chi connectivity index (χ4n) is 2.26. The monoisotopic (exact) mass is 198 g/mol. The van der Waals surface area contributed by atoms with Crippen molar-refractivity contribution in [3.63, 3.8) is 0 Å². The first kappa shape index (κ1) is 10.4. The summed E-state index contributed by atoms with van der Waals surface area (Å²) in [4.78, 5) is 2.53. The van der Waals surface area contributed by atoms with E-state index >= 15 is 0 Å². The lowest BCUT2D eigenvalue weighted by molar-refractivity contribution is -0.0449. The molecule has 1 aliphatic heterocycles. The topological polar surface area (TPSA) is 38.5 Å². The molecule has 2 fully saturated rings. The van der Waals surface area contributed by atoms with Gasteiger partial charge in [0.2, 0.25) is 0 Å². The highest BCUT2D eigenvalue weighted by molar-refractivity contribution is 4.81. The number of rotatable bonds is 3. The first-order valence-electron chi connectivity index (χ1n) is 5.85. The van der Waals surface area contributed by atoms with Crippen molar-refractivity contribution in [2.75, 3.05) is 26.2 Å². The molecule has 82 valence electrons. The maximum absolute atomic E-state index is 5.85. The van der Waals surface area contributed by atoms with Gasteiger partial charge in [0.15, 0.2) is 0 Å². The van der Waals surface area contributed by atoms with Crippen molar-refractivity contribution in [3.8, 4) is 0 Å². The van der Waals surface area contributed by atoms with Crippen LogP contribution in [0.1, 0.15) is 26.2 Å². The van der Waals surface area contributed by atoms with Crippen LogP contribution in [0, 0.1) is 5.92 Å². The molecule has 0 aromatic rings. The maximum Gasteiger partial charge on any atom is 0.0850 e. The molecule has 0 aromatic carbocycles. The summed E-state index contributed by atoms with van der Waals surface area (Å²) in [7, 11) is 0. The zero-order valence-electron chi connectivity index (χ0n) is 9.11. The van der Waals surface area contributed by atoms with Gasteiger partial charge in [-0.15, -0.1) is 0 Å². The number of morpholine rings is 1. The second-order valence-electron chi connectivity index (χ2n) is 4.82. The van der Waals surface area contributed by atoms with Crippen LogP contribution in [0.3, 0.4) is 0 Å². The van der Waals surface area contributed by atoms with Gasteiger partial charge >= 0.3 is 0 Å². The van der Waals surface area contributed by atoms with Gasteiger partial charge in [0, 0.05) is 25.7 Å². The first-order valence-corrected chi connectivity index (χ1v) is 5.85. The SMILES string of the molecule is CC(N)C1CN(CC2CCC2)CCO1. The molecule has 1 aliphatic carbocycles. The van der Waals surface area contributed by atoms with Crippen LogP contribution in [-0.2, 0) is 4.74 Å². The fraction of sp³-hybridized carbons (Fsp3) is 1.00. The Labute approximate surface area is 86.6 Å². The number of nitrogens with zero attached hydrogens (tertiary/aromatic N) is 1. The van der Waals surface area contributed by atoms with Crippen molar-refractivity contribution in [2.45, 2.75) is 38.3 Å². The molecule has 3 heteroatoms. The molecule has 2 N–H and O–H groups in total. The van der Waals surface area contributed by atoms with Crippen LogP contribution in [0.5, 0.6) is 0 Å². The Balaban J connectivity index is 1.75. The summed E-state index contributed by atoms with van der Waals surface area (Å²) in [6.45, 7) is 6.30. The summed E-state index contributed by atoms with van der Waals surface area (Å²) in [5.41, 5.74) is 5.85. The van der Waals surface area contributed by atoms with E-state index in [0.29, 0.717) is 0 Å². The van der Waals surface area contributed by atoms with Crippen LogP contribution >= 0.6 is 0 Å². The molecule has 1 saturated carbocycles. The van der Waals surface area contributed by atoms with Gasteiger partial charge in [-0.3, -0.25) is 4.90 Å². The highest BCUT2D eigenvalue weighted by Crippen LogP contribution is 2.27. The van der Waals surface area contributed by atoms with Gasteiger partial charge in [0.1, 0.15) is 0 Å². The van der Waals surface area contributed by atoms with E-state index in [1.807, 2.05) is 6.92 Å². The van der Waals surface area contributed by atoms with E-state index in [0.717, 1.165) is 25.6 Å². The predicted octanol–water partition coefficient (Wildman–Crippen LogP) is 0.834. The molecule has 14 heavy (non-hydrogen) atoms. The highest BCUT2D eigenvalue weighted by Gasteiger charge is 2.26. The molecule has 1 heterocycles. The summed E-state index contributed by atoms with van der Waals surface area (Å²) in [6.07, 6.45) is 4.55. The van der Waals surface area contributed by atoms with Gasteiger partial charge in [-0.25, -0.2) is 0 Å². The minimum Gasteiger partial charge on any atom is -0.374 e. The van der Waals surface area contributed by atoms with Crippen LogP contribution in [0.4, 0.5) is 0 Å². The average molecular weight is 198 g/mol. The number of ether oxygens (including phenoxy) is 1. The molecule has 0 spiro atoms. The lowest BCUT2D eigenvalue weighted by Gasteiger charge is -2.38. The molecular formula is C11H22N2O. The molecular weight excluding hydrogens is 176 g/mol. The Morgan fingerprint density at radius 2 is 2.29 bits per heavy atom. The minimum atomic E-state index is 0.166. The van der Waals surface area contributed by atoms with Crippen LogP contribution in [-0.4, -0.2) is 43.3 Å². The van der Waals surface area contributed by atoms with Gasteiger partial charge in [-0.05, 0) is 25.7 Å². The summed E-state index contributed by atoms with van der Waals surface area (Å²) < 4.78 is 5.64. The minimum absolute atomic E-state index is 0.166. The van der Waals surface area contributed by atoms with Gasteiger partial charge in [-0.2, -0.15) is 0 Å². The largest absolute Gasteiger partial charge is 0.374 e. The quantitative estimate of drug-likeness (QED) is 0.730. The predicted molar refractivity (Wildman–Crippen MR) is 57.2 cm³/mol. The summed E-state index contributed by atoms with van der Waals surface area (Å²) >= 11 is 0. The van der Waals surface area contributed by atoms with Gasteiger partial charge in [-0.1, -0.05) is 6.42 Å². The van der Waals surface area contributed by atoms with Gasteiger partial charge in [0.25, 0.3) is 0 Å². The van der Waals surface area contributed by atoms with E-state index in [1.165, 1.54) is 25.8 Å². The molecule has 2 unspecified atom stereocenters. The molecule has 0 radical (unpaired) electrons. The van der Waals surface area contributed by atoms with E-state index in [1.54, 1.807) is 0 Å². The molecule has 0 aromatic heterocycles. The Kier molecular flexibility index (Phi) is 3.42. The van der Waals surface area contributed by atoms with Gasteiger partial charge in [0.05, 0.1) is 12.7 Å². The molecule has 2 rings (SSSR count). The molecule has 1 saturated heterocycles. The smallest absolute Gasteiger partial charge is 0.0850 e. The van der Waals surface area contributed by atoms with Crippen LogP contribution in [0.2, 0.25) is 0 Å². The van der Waals surface area contributed by atoms with Crippen LogP contribution < -0.4 is 5.73 Å². The number of hydrogen-bond donors (Lipinski definition) is 1. The van der Waals surface area contributed by atoms with E-state index < -0.39 is 0 Å². The third-order valence-electron chi connectivity index (χ3n) is 3.51. The van der Waals surface area contributed by atoms with Crippen molar-refractivity contribution in [2.24, 2.45) is 11.7 Å². The van der Waals surface area contributed by atoms with E-state index in [9.17, 15) is 0 Å². The second kappa shape index (κ2) is 4.60. The molecule has 2 aliphatic rings. The third-order valence-corrected chi connectivity index (χ3v) is 3.51. The summed E-state index contributed by atoms with van der Waals surface area (Å²) in [5.74, 6) is 0.960. The zero-order chi connectivity index (χ0) is 9.97. The van der Waals surface area contributed by atoms with Crippen molar-refractivity contribution in [1.82, 2.24) is 4.90 Å². The van der Waals surface area contributed by atoms with E-state index in [4.69, 9.17) is 10.5 Å². The number of nitrogens with two attached hydrogens (primary N) is 1. The normalized spacial score (nSPS) is 32.6. The number of hydrogen-bond acceptors (Lipinski definition) is 3. The fourth-order valence-corrected chi connectivity index (χ4v) is 2.26. The van der Waals surface area contributed by atoms with Crippen molar-refractivity contribution in [3.05, 3.63) is 0 Å². The lowest BCUT2D eigenvalue weighted by Crippen LogP contribution is -2.51. The van der Waals surface area contributed by atoms with Crippen molar-refractivity contribution >= 4 is 0 Å². The molecule has 0 amide bonds. The Hall–Kier alpha value is -0.120. The van der Waals surface area contributed by atoms with Crippen LogP contribution in [0.25, 0.3) is 0 Å².